The molecule has 1 heterocycles. The van der Waals surface area contributed by atoms with Crippen LogP contribution in [0.3, 0.4) is 0 Å². The fourth-order valence-electron chi connectivity index (χ4n) is 1.38. The Hall–Kier alpha value is -0.880. The van der Waals surface area contributed by atoms with Crippen LogP contribution in [0.25, 0.3) is 0 Å². The van der Waals surface area contributed by atoms with Crippen molar-refractivity contribution in [3.8, 4) is 0 Å². The number of aromatic nitrogens is 2. The lowest BCUT2D eigenvalue weighted by Crippen LogP contribution is -2.27. The fraction of sp³-hybridized carbons (Fsp3) is 0.545. The van der Waals surface area contributed by atoms with Crippen LogP contribution in [0, 0.1) is 5.92 Å². The molecule has 0 aromatic carbocycles. The van der Waals surface area contributed by atoms with Crippen LogP contribution in [0.15, 0.2) is 16.5 Å². The first-order chi connectivity index (χ1) is 8.15. The summed E-state index contributed by atoms with van der Waals surface area (Å²) in [5.41, 5.74) is 1.10. The van der Waals surface area contributed by atoms with Crippen LogP contribution >= 0.6 is 23.1 Å². The zero-order valence-electron chi connectivity index (χ0n) is 9.73. The number of anilines is 1. The van der Waals surface area contributed by atoms with E-state index in [1.807, 2.05) is 6.92 Å². The normalized spacial score (nSPS) is 15.4. The zero-order chi connectivity index (χ0) is 12.3. The van der Waals surface area contributed by atoms with E-state index in [1.165, 1.54) is 11.3 Å². The summed E-state index contributed by atoms with van der Waals surface area (Å²) in [6.45, 7) is 5.81. The van der Waals surface area contributed by atoms with Gasteiger partial charge >= 0.3 is 0 Å². The van der Waals surface area contributed by atoms with Crippen molar-refractivity contribution in [2.75, 3.05) is 11.1 Å². The van der Waals surface area contributed by atoms with Gasteiger partial charge in [0.15, 0.2) is 4.34 Å². The SMILES string of the molecule is C=C(C)CSc1nnc(NC(=O)C2CCC2)s1. The molecule has 0 bridgehead atoms. The van der Waals surface area contributed by atoms with Crippen molar-refractivity contribution >= 4 is 34.1 Å². The minimum atomic E-state index is 0.0869. The van der Waals surface area contributed by atoms with Gasteiger partial charge in [0.05, 0.1) is 0 Å². The van der Waals surface area contributed by atoms with Gasteiger partial charge in [-0.15, -0.1) is 10.2 Å². The number of nitrogens with zero attached hydrogens (tertiary/aromatic N) is 2. The van der Waals surface area contributed by atoms with E-state index in [9.17, 15) is 4.79 Å². The molecule has 1 aliphatic carbocycles. The van der Waals surface area contributed by atoms with E-state index in [1.54, 1.807) is 11.8 Å². The number of carbonyl (C=O) groups is 1. The Labute approximate surface area is 109 Å². The van der Waals surface area contributed by atoms with Crippen LogP contribution in [-0.2, 0) is 4.79 Å². The maximum absolute atomic E-state index is 11.7. The van der Waals surface area contributed by atoms with Crippen LogP contribution in [0.1, 0.15) is 26.2 Å². The molecule has 2 rings (SSSR count). The van der Waals surface area contributed by atoms with Crippen molar-refractivity contribution in [1.29, 1.82) is 0 Å². The summed E-state index contributed by atoms with van der Waals surface area (Å²) in [5, 5.41) is 11.4. The zero-order valence-corrected chi connectivity index (χ0v) is 11.4. The van der Waals surface area contributed by atoms with E-state index in [-0.39, 0.29) is 11.8 Å². The predicted molar refractivity (Wildman–Crippen MR) is 71.4 cm³/mol. The Kier molecular flexibility index (Phi) is 4.17. The fourth-order valence-corrected chi connectivity index (χ4v) is 2.98. The van der Waals surface area contributed by atoms with Crippen LogP contribution in [0.5, 0.6) is 0 Å². The standard InChI is InChI=1S/C11H15N3OS2/c1-7(2)6-16-11-14-13-10(17-11)12-9(15)8-4-3-5-8/h8H,1,3-6H2,2H3,(H,12,13,15). The van der Waals surface area contributed by atoms with Crippen molar-refractivity contribution in [2.45, 2.75) is 30.5 Å². The molecule has 0 unspecified atom stereocenters. The summed E-state index contributed by atoms with van der Waals surface area (Å²) < 4.78 is 0.872. The minimum absolute atomic E-state index is 0.0869. The number of nitrogens with one attached hydrogen (secondary N) is 1. The highest BCUT2D eigenvalue weighted by molar-refractivity contribution is 8.01. The molecule has 0 aliphatic heterocycles. The monoisotopic (exact) mass is 269 g/mol. The number of hydrogen-bond donors (Lipinski definition) is 1. The predicted octanol–water partition coefficient (Wildman–Crippen LogP) is 2.94. The minimum Gasteiger partial charge on any atom is -0.300 e. The van der Waals surface area contributed by atoms with Crippen LogP contribution in [-0.4, -0.2) is 21.9 Å². The van der Waals surface area contributed by atoms with Crippen molar-refractivity contribution in [2.24, 2.45) is 5.92 Å². The molecule has 4 nitrogen and oxygen atoms in total. The summed E-state index contributed by atoms with van der Waals surface area (Å²) in [5.74, 6) is 1.11. The molecule has 1 amide bonds. The first-order valence-corrected chi connectivity index (χ1v) is 7.37. The third-order valence-corrected chi connectivity index (χ3v) is 4.76. The van der Waals surface area contributed by atoms with Gasteiger partial charge in [-0.3, -0.25) is 4.79 Å². The Morgan fingerprint density at radius 2 is 2.35 bits per heavy atom. The molecule has 17 heavy (non-hydrogen) atoms. The molecule has 0 spiro atoms. The van der Waals surface area contributed by atoms with Crippen molar-refractivity contribution < 1.29 is 4.79 Å². The molecule has 1 fully saturated rings. The lowest BCUT2D eigenvalue weighted by molar-refractivity contribution is -0.122. The first-order valence-electron chi connectivity index (χ1n) is 5.56. The second-order valence-corrected chi connectivity index (χ2v) is 6.44. The number of amides is 1. The Balaban J connectivity index is 1.84. The smallest absolute Gasteiger partial charge is 0.229 e. The molecule has 1 aromatic heterocycles. The first kappa shape index (κ1) is 12.6. The lowest BCUT2D eigenvalue weighted by atomic mass is 9.85. The van der Waals surface area contributed by atoms with Gasteiger partial charge in [-0.25, -0.2) is 0 Å². The molecule has 92 valence electrons. The number of rotatable bonds is 5. The summed E-state index contributed by atoms with van der Waals surface area (Å²) >= 11 is 3.02. The number of hydrogen-bond acceptors (Lipinski definition) is 5. The van der Waals surface area contributed by atoms with Gasteiger partial charge in [0.25, 0.3) is 0 Å². The molecule has 0 saturated heterocycles. The van der Waals surface area contributed by atoms with E-state index in [2.05, 4.69) is 22.1 Å². The van der Waals surface area contributed by atoms with Gasteiger partial charge in [0, 0.05) is 11.7 Å². The molecule has 6 heteroatoms. The van der Waals surface area contributed by atoms with Crippen LogP contribution < -0.4 is 5.32 Å². The third kappa shape index (κ3) is 3.54. The summed E-state index contributed by atoms with van der Waals surface area (Å²) in [4.78, 5) is 11.7. The largest absolute Gasteiger partial charge is 0.300 e. The molecule has 0 radical (unpaired) electrons. The molecule has 1 aliphatic rings. The van der Waals surface area contributed by atoms with Crippen molar-refractivity contribution in [3.63, 3.8) is 0 Å². The maximum atomic E-state index is 11.7. The van der Waals surface area contributed by atoms with Crippen LogP contribution in [0.4, 0.5) is 5.13 Å². The highest BCUT2D eigenvalue weighted by Crippen LogP contribution is 2.30. The lowest BCUT2D eigenvalue weighted by Gasteiger charge is -2.23. The van der Waals surface area contributed by atoms with E-state index < -0.39 is 0 Å². The van der Waals surface area contributed by atoms with Gasteiger partial charge in [0.2, 0.25) is 11.0 Å². The Morgan fingerprint density at radius 3 is 2.94 bits per heavy atom. The van der Waals surface area contributed by atoms with E-state index >= 15 is 0 Å². The van der Waals surface area contributed by atoms with E-state index in [0.717, 1.165) is 34.9 Å². The van der Waals surface area contributed by atoms with Gasteiger partial charge in [-0.1, -0.05) is 41.7 Å². The van der Waals surface area contributed by atoms with E-state index in [4.69, 9.17) is 0 Å². The molecular weight excluding hydrogens is 254 g/mol. The van der Waals surface area contributed by atoms with Gasteiger partial charge in [-0.05, 0) is 19.8 Å². The number of thioether (sulfide) groups is 1. The molecule has 1 saturated carbocycles. The highest BCUT2D eigenvalue weighted by Gasteiger charge is 2.25. The van der Waals surface area contributed by atoms with Crippen molar-refractivity contribution in [3.05, 3.63) is 12.2 Å². The van der Waals surface area contributed by atoms with Gasteiger partial charge in [-0.2, -0.15) is 0 Å². The Bertz CT molecular complexity index is 426. The summed E-state index contributed by atoms with van der Waals surface area (Å²) in [6, 6.07) is 0. The molecule has 0 atom stereocenters. The Morgan fingerprint density at radius 1 is 1.59 bits per heavy atom. The molecule has 1 aromatic rings. The van der Waals surface area contributed by atoms with Gasteiger partial charge < -0.3 is 5.32 Å². The van der Waals surface area contributed by atoms with E-state index in [0.29, 0.717) is 5.13 Å². The quantitative estimate of drug-likeness (QED) is 0.507. The molecular formula is C11H15N3OS2. The summed E-state index contributed by atoms with van der Waals surface area (Å²) in [6.07, 6.45) is 3.16. The van der Waals surface area contributed by atoms with Crippen LogP contribution in [0.2, 0.25) is 0 Å². The van der Waals surface area contributed by atoms with Crippen molar-refractivity contribution in [1.82, 2.24) is 10.2 Å². The second kappa shape index (κ2) is 5.64. The number of carbonyl (C=O) groups excluding carboxylic acids is 1. The van der Waals surface area contributed by atoms with Gasteiger partial charge in [0.1, 0.15) is 0 Å². The average molecular weight is 269 g/mol. The molecule has 1 N–H and O–H groups in total. The average Bonchev–Trinajstić information content (AvgIpc) is 2.59. The summed E-state index contributed by atoms with van der Waals surface area (Å²) in [7, 11) is 0. The second-order valence-electron chi connectivity index (χ2n) is 4.24. The maximum Gasteiger partial charge on any atom is 0.229 e. The highest BCUT2D eigenvalue weighted by atomic mass is 32.2. The topological polar surface area (TPSA) is 54.9 Å². The third-order valence-electron chi connectivity index (χ3n) is 2.55.